The first-order chi connectivity index (χ1) is 13.1. The maximum absolute atomic E-state index is 12.5. The van der Waals surface area contributed by atoms with Gasteiger partial charge < -0.3 is 19.1 Å². The van der Waals surface area contributed by atoms with E-state index in [2.05, 4.69) is 0 Å². The Morgan fingerprint density at radius 1 is 1.11 bits per heavy atom. The first kappa shape index (κ1) is 17.4. The monoisotopic (exact) mass is 367 g/mol. The van der Waals surface area contributed by atoms with Gasteiger partial charge in [-0.05, 0) is 18.2 Å². The number of ether oxygens (including phenoxy) is 3. The van der Waals surface area contributed by atoms with Crippen molar-refractivity contribution in [3.05, 3.63) is 59.7 Å². The molecule has 2 aromatic rings. The number of esters is 1. The van der Waals surface area contributed by atoms with Gasteiger partial charge in [-0.1, -0.05) is 24.3 Å². The van der Waals surface area contributed by atoms with Crippen molar-refractivity contribution in [1.29, 1.82) is 0 Å². The Morgan fingerprint density at radius 3 is 2.63 bits per heavy atom. The number of piperidine rings is 1. The number of nitrogens with zero attached hydrogens (tertiary/aromatic N) is 1. The maximum Gasteiger partial charge on any atom is 0.339 e. The predicted octanol–water partition coefficient (Wildman–Crippen LogP) is 2.76. The fourth-order valence-electron chi connectivity index (χ4n) is 3.76. The molecule has 0 bridgehead atoms. The van der Waals surface area contributed by atoms with Crippen molar-refractivity contribution < 1.29 is 23.8 Å². The van der Waals surface area contributed by atoms with Crippen LogP contribution in [0.15, 0.2) is 48.5 Å². The highest BCUT2D eigenvalue weighted by atomic mass is 16.6. The Labute approximate surface area is 157 Å². The number of methoxy groups -OCH3 is 1. The van der Waals surface area contributed by atoms with Crippen molar-refractivity contribution in [1.82, 2.24) is 4.90 Å². The van der Waals surface area contributed by atoms with E-state index in [1.165, 1.54) is 0 Å². The molecule has 0 radical (unpaired) electrons. The molecule has 2 aromatic carbocycles. The van der Waals surface area contributed by atoms with Crippen molar-refractivity contribution in [3.63, 3.8) is 0 Å². The molecule has 27 heavy (non-hydrogen) atoms. The maximum atomic E-state index is 12.5. The van der Waals surface area contributed by atoms with Gasteiger partial charge in [0.15, 0.2) is 6.61 Å². The number of hydrogen-bond acceptors (Lipinski definition) is 5. The van der Waals surface area contributed by atoms with Crippen molar-refractivity contribution in [2.75, 3.05) is 26.8 Å². The summed E-state index contributed by atoms with van der Waals surface area (Å²) in [6.07, 6.45) is 1.20. The molecular formula is C21H21NO5. The quantitative estimate of drug-likeness (QED) is 0.778. The molecular weight excluding hydrogens is 346 g/mol. The van der Waals surface area contributed by atoms with E-state index in [9.17, 15) is 9.59 Å². The molecule has 2 aliphatic heterocycles. The molecule has 0 aromatic heterocycles. The zero-order valence-corrected chi connectivity index (χ0v) is 15.1. The topological polar surface area (TPSA) is 65.1 Å². The molecule has 4 rings (SSSR count). The van der Waals surface area contributed by atoms with Crippen LogP contribution in [-0.4, -0.2) is 43.6 Å². The summed E-state index contributed by atoms with van der Waals surface area (Å²) in [5, 5.41) is 0. The Hall–Kier alpha value is -3.02. The normalized spacial score (nSPS) is 17.4. The number of amides is 1. The SMILES string of the molecule is COc1cccc(OCC(=O)N2CCC3(CC2)OC(=O)c2ccccc23)c1. The van der Waals surface area contributed by atoms with Crippen LogP contribution in [-0.2, 0) is 15.1 Å². The predicted molar refractivity (Wildman–Crippen MR) is 97.8 cm³/mol. The van der Waals surface area contributed by atoms with Crippen LogP contribution in [0, 0.1) is 0 Å². The molecule has 1 amide bonds. The van der Waals surface area contributed by atoms with Crippen molar-refractivity contribution >= 4 is 11.9 Å². The summed E-state index contributed by atoms with van der Waals surface area (Å²) in [4.78, 5) is 26.4. The van der Waals surface area contributed by atoms with Crippen molar-refractivity contribution in [2.24, 2.45) is 0 Å². The van der Waals surface area contributed by atoms with Gasteiger partial charge >= 0.3 is 5.97 Å². The summed E-state index contributed by atoms with van der Waals surface area (Å²) in [5.41, 5.74) is 0.978. The van der Waals surface area contributed by atoms with Crippen LogP contribution in [0.1, 0.15) is 28.8 Å². The molecule has 1 saturated heterocycles. The minimum absolute atomic E-state index is 0.0312. The molecule has 2 heterocycles. The Morgan fingerprint density at radius 2 is 1.85 bits per heavy atom. The second-order valence-electron chi connectivity index (χ2n) is 6.78. The lowest BCUT2D eigenvalue weighted by Crippen LogP contribution is -2.46. The molecule has 140 valence electrons. The minimum atomic E-state index is -0.599. The number of rotatable bonds is 4. The van der Waals surface area contributed by atoms with E-state index in [1.807, 2.05) is 30.3 Å². The summed E-state index contributed by atoms with van der Waals surface area (Å²) in [6, 6.07) is 14.7. The lowest BCUT2D eigenvalue weighted by molar-refractivity contribution is -0.137. The van der Waals surface area contributed by atoms with Crippen LogP contribution in [0.25, 0.3) is 0 Å². The van der Waals surface area contributed by atoms with E-state index in [0.717, 1.165) is 5.56 Å². The summed E-state index contributed by atoms with van der Waals surface area (Å²) in [5.74, 6) is 0.924. The van der Waals surface area contributed by atoms with Crippen LogP contribution >= 0.6 is 0 Å². The number of carbonyl (C=O) groups is 2. The van der Waals surface area contributed by atoms with Gasteiger partial charge in [-0.15, -0.1) is 0 Å². The number of fused-ring (bicyclic) bond motifs is 2. The fraction of sp³-hybridized carbons (Fsp3) is 0.333. The van der Waals surface area contributed by atoms with Gasteiger partial charge in [0, 0.05) is 37.6 Å². The van der Waals surface area contributed by atoms with Gasteiger partial charge in [-0.3, -0.25) is 4.79 Å². The molecule has 6 nitrogen and oxygen atoms in total. The summed E-state index contributed by atoms with van der Waals surface area (Å²) in [6.45, 7) is 1.03. The van der Waals surface area contributed by atoms with E-state index < -0.39 is 5.60 Å². The molecule has 2 aliphatic rings. The largest absolute Gasteiger partial charge is 0.497 e. The van der Waals surface area contributed by atoms with Gasteiger partial charge in [0.1, 0.15) is 17.1 Å². The van der Waals surface area contributed by atoms with Crippen LogP contribution in [0.4, 0.5) is 0 Å². The smallest absolute Gasteiger partial charge is 0.339 e. The average Bonchev–Trinajstić information content (AvgIpc) is 2.99. The summed E-state index contributed by atoms with van der Waals surface area (Å²) < 4.78 is 16.5. The van der Waals surface area contributed by atoms with E-state index in [4.69, 9.17) is 14.2 Å². The van der Waals surface area contributed by atoms with Crippen LogP contribution < -0.4 is 9.47 Å². The number of hydrogen-bond donors (Lipinski definition) is 0. The number of carbonyl (C=O) groups excluding carboxylic acids is 2. The summed E-state index contributed by atoms with van der Waals surface area (Å²) in [7, 11) is 1.59. The zero-order valence-electron chi connectivity index (χ0n) is 15.1. The standard InChI is InChI=1S/C21H21NO5/c1-25-15-5-4-6-16(13-15)26-14-19(23)22-11-9-21(10-12-22)18-8-3-2-7-17(18)20(24)27-21/h2-8,13H,9-12,14H2,1H3. The van der Waals surface area contributed by atoms with E-state index in [0.29, 0.717) is 43.0 Å². The second-order valence-corrected chi connectivity index (χ2v) is 6.78. The third kappa shape index (κ3) is 3.23. The van der Waals surface area contributed by atoms with Gasteiger partial charge in [0.2, 0.25) is 0 Å². The number of benzene rings is 2. The highest BCUT2D eigenvalue weighted by molar-refractivity contribution is 5.94. The minimum Gasteiger partial charge on any atom is -0.497 e. The molecule has 1 spiro atoms. The van der Waals surface area contributed by atoms with Crippen molar-refractivity contribution in [3.8, 4) is 11.5 Å². The van der Waals surface area contributed by atoms with E-state index in [1.54, 1.807) is 30.2 Å². The highest BCUT2D eigenvalue weighted by Crippen LogP contribution is 2.43. The molecule has 0 N–H and O–H groups in total. The van der Waals surface area contributed by atoms with Crippen LogP contribution in [0.2, 0.25) is 0 Å². The third-order valence-electron chi connectivity index (χ3n) is 5.25. The molecule has 0 unspecified atom stereocenters. The molecule has 0 saturated carbocycles. The second kappa shape index (κ2) is 6.95. The van der Waals surface area contributed by atoms with E-state index in [-0.39, 0.29) is 18.5 Å². The Bertz CT molecular complexity index is 870. The molecule has 0 aliphatic carbocycles. The van der Waals surface area contributed by atoms with Gasteiger partial charge in [-0.2, -0.15) is 0 Å². The first-order valence-electron chi connectivity index (χ1n) is 8.99. The zero-order chi connectivity index (χ0) is 18.9. The van der Waals surface area contributed by atoms with Gasteiger partial charge in [0.25, 0.3) is 5.91 Å². The van der Waals surface area contributed by atoms with Crippen LogP contribution in [0.5, 0.6) is 11.5 Å². The molecule has 1 fully saturated rings. The average molecular weight is 367 g/mol. The molecule has 6 heteroatoms. The Balaban J connectivity index is 1.37. The Kier molecular flexibility index (Phi) is 4.48. The number of likely N-dealkylation sites (tertiary alicyclic amines) is 1. The lowest BCUT2D eigenvalue weighted by Gasteiger charge is -2.38. The lowest BCUT2D eigenvalue weighted by atomic mass is 9.84. The molecule has 0 atom stereocenters. The fourth-order valence-corrected chi connectivity index (χ4v) is 3.76. The highest BCUT2D eigenvalue weighted by Gasteiger charge is 2.47. The third-order valence-corrected chi connectivity index (χ3v) is 5.25. The first-order valence-corrected chi connectivity index (χ1v) is 8.99. The van der Waals surface area contributed by atoms with Gasteiger partial charge in [-0.25, -0.2) is 4.79 Å². The summed E-state index contributed by atoms with van der Waals surface area (Å²) >= 11 is 0. The van der Waals surface area contributed by atoms with Gasteiger partial charge in [0.05, 0.1) is 12.7 Å². The van der Waals surface area contributed by atoms with E-state index >= 15 is 0 Å². The van der Waals surface area contributed by atoms with Crippen LogP contribution in [0.3, 0.4) is 0 Å². The van der Waals surface area contributed by atoms with Crippen molar-refractivity contribution in [2.45, 2.75) is 18.4 Å².